The zero-order valence-corrected chi connectivity index (χ0v) is 17.8. The molecule has 28 heavy (non-hydrogen) atoms. The number of carbonyl (C=O) groups excluding carboxylic acids is 1. The first kappa shape index (κ1) is 20.6. The van der Waals surface area contributed by atoms with Gasteiger partial charge in [0.2, 0.25) is 0 Å². The van der Waals surface area contributed by atoms with Crippen LogP contribution in [0.3, 0.4) is 0 Å². The molecule has 1 aliphatic rings. The maximum atomic E-state index is 12.7. The van der Waals surface area contributed by atoms with Gasteiger partial charge in [0.15, 0.2) is 11.5 Å². The van der Waals surface area contributed by atoms with Gasteiger partial charge in [-0.3, -0.25) is 4.79 Å². The first-order valence-electron chi connectivity index (χ1n) is 9.77. The lowest BCUT2D eigenvalue weighted by atomic mass is 10.1. The molecular formula is C21H29N3O3S. The Hall–Kier alpha value is -2.12. The monoisotopic (exact) mass is 403 g/mol. The predicted molar refractivity (Wildman–Crippen MR) is 111 cm³/mol. The summed E-state index contributed by atoms with van der Waals surface area (Å²) in [5.41, 5.74) is 0.554. The number of benzene rings is 1. The fourth-order valence-corrected chi connectivity index (χ4v) is 4.04. The molecule has 1 amide bonds. The van der Waals surface area contributed by atoms with Crippen LogP contribution in [0.1, 0.15) is 55.0 Å². The maximum Gasteiger partial charge on any atom is 0.251 e. The summed E-state index contributed by atoms with van der Waals surface area (Å²) in [6.45, 7) is 8.42. The molecule has 2 aromatic rings. The Kier molecular flexibility index (Phi) is 6.91. The van der Waals surface area contributed by atoms with E-state index in [2.05, 4.69) is 29.0 Å². The van der Waals surface area contributed by atoms with Gasteiger partial charge in [0, 0.05) is 36.3 Å². The second-order valence-corrected chi connectivity index (χ2v) is 8.30. The zero-order valence-electron chi connectivity index (χ0n) is 17.0. The van der Waals surface area contributed by atoms with E-state index in [1.165, 1.54) is 11.3 Å². The maximum absolute atomic E-state index is 12.7. The second-order valence-electron chi connectivity index (χ2n) is 7.38. The molecule has 6 nitrogen and oxygen atoms in total. The molecule has 1 aromatic heterocycles. The largest absolute Gasteiger partial charge is 0.493 e. The zero-order chi connectivity index (χ0) is 20.1. The number of amides is 1. The van der Waals surface area contributed by atoms with Crippen molar-refractivity contribution in [3.63, 3.8) is 0 Å². The number of hydrogen-bond donors (Lipinski definition) is 1. The Morgan fingerprint density at radius 1 is 1.25 bits per heavy atom. The topological polar surface area (TPSA) is 63.7 Å². The summed E-state index contributed by atoms with van der Waals surface area (Å²) < 4.78 is 11.7. The number of thiazole rings is 1. The third kappa shape index (κ3) is 5.02. The lowest BCUT2D eigenvalue weighted by Crippen LogP contribution is -2.41. The SMILES string of the molecule is COc1ccc(C(=O)N[C@H](C)c2nccs2)cc1OC1CCN(C(C)C)CC1. The first-order chi connectivity index (χ1) is 13.5. The van der Waals surface area contributed by atoms with Crippen molar-refractivity contribution in [2.24, 2.45) is 0 Å². The quantitative estimate of drug-likeness (QED) is 0.760. The van der Waals surface area contributed by atoms with Gasteiger partial charge in [-0.25, -0.2) is 4.98 Å². The number of nitrogens with zero attached hydrogens (tertiary/aromatic N) is 2. The van der Waals surface area contributed by atoms with E-state index in [-0.39, 0.29) is 18.1 Å². The molecule has 0 aliphatic carbocycles. The molecule has 1 aliphatic heterocycles. The van der Waals surface area contributed by atoms with Crippen LogP contribution >= 0.6 is 11.3 Å². The highest BCUT2D eigenvalue weighted by molar-refractivity contribution is 7.09. The molecule has 0 spiro atoms. The summed E-state index contributed by atoms with van der Waals surface area (Å²) in [7, 11) is 1.62. The van der Waals surface area contributed by atoms with Gasteiger partial charge in [-0.05, 0) is 51.8 Å². The number of ether oxygens (including phenoxy) is 2. The number of likely N-dealkylation sites (tertiary alicyclic amines) is 1. The average molecular weight is 404 g/mol. The van der Waals surface area contributed by atoms with Gasteiger partial charge in [-0.1, -0.05) is 0 Å². The number of piperidine rings is 1. The summed E-state index contributed by atoms with van der Waals surface area (Å²) in [6.07, 6.45) is 3.82. The van der Waals surface area contributed by atoms with Crippen molar-refractivity contribution < 1.29 is 14.3 Å². The minimum absolute atomic E-state index is 0.136. The Balaban J connectivity index is 1.67. The lowest BCUT2D eigenvalue weighted by molar-refractivity contribution is 0.0818. The molecule has 1 aromatic carbocycles. The van der Waals surface area contributed by atoms with Crippen LogP contribution in [0, 0.1) is 0 Å². The van der Waals surface area contributed by atoms with Crippen molar-refractivity contribution in [2.45, 2.75) is 51.8 Å². The van der Waals surface area contributed by atoms with Crippen LogP contribution in [0.15, 0.2) is 29.8 Å². The van der Waals surface area contributed by atoms with Crippen LogP contribution in [-0.2, 0) is 0 Å². The van der Waals surface area contributed by atoms with Crippen molar-refractivity contribution in [3.8, 4) is 11.5 Å². The molecule has 0 unspecified atom stereocenters. The van der Waals surface area contributed by atoms with Crippen molar-refractivity contribution in [1.29, 1.82) is 0 Å². The van der Waals surface area contributed by atoms with Gasteiger partial charge in [0.1, 0.15) is 11.1 Å². The van der Waals surface area contributed by atoms with E-state index < -0.39 is 0 Å². The van der Waals surface area contributed by atoms with Gasteiger partial charge < -0.3 is 19.7 Å². The summed E-state index contributed by atoms with van der Waals surface area (Å²) in [6, 6.07) is 5.75. The van der Waals surface area contributed by atoms with E-state index in [1.807, 2.05) is 12.3 Å². The highest BCUT2D eigenvalue weighted by atomic mass is 32.1. The molecule has 0 bridgehead atoms. The van der Waals surface area contributed by atoms with E-state index in [4.69, 9.17) is 9.47 Å². The average Bonchev–Trinajstić information content (AvgIpc) is 3.23. The minimum atomic E-state index is -0.148. The standard InChI is InChI=1S/C21H29N3O3S/c1-14(2)24-10-7-17(8-11-24)27-19-13-16(5-6-18(19)26-4)20(25)23-15(3)21-22-9-12-28-21/h5-6,9,12-15,17H,7-8,10-11H2,1-4H3,(H,23,25)/t15-/m1/s1. The first-order valence-corrected chi connectivity index (χ1v) is 10.6. The van der Waals surface area contributed by atoms with E-state index in [0.717, 1.165) is 30.9 Å². The van der Waals surface area contributed by atoms with Crippen molar-refractivity contribution in [3.05, 3.63) is 40.3 Å². The number of rotatable bonds is 7. The fraction of sp³-hybridized carbons (Fsp3) is 0.524. The minimum Gasteiger partial charge on any atom is -0.493 e. The Labute approximate surface area is 170 Å². The number of carbonyl (C=O) groups is 1. The second kappa shape index (κ2) is 9.39. The number of nitrogens with one attached hydrogen (secondary N) is 1. The molecule has 0 radical (unpaired) electrons. The molecule has 1 fully saturated rings. The molecule has 152 valence electrons. The van der Waals surface area contributed by atoms with Crippen LogP contribution in [0.2, 0.25) is 0 Å². The van der Waals surface area contributed by atoms with Gasteiger partial charge in [-0.15, -0.1) is 11.3 Å². The number of methoxy groups -OCH3 is 1. The van der Waals surface area contributed by atoms with E-state index >= 15 is 0 Å². The summed E-state index contributed by atoms with van der Waals surface area (Å²) >= 11 is 1.53. The molecule has 3 rings (SSSR count). The predicted octanol–water partition coefficient (Wildman–Crippen LogP) is 3.89. The van der Waals surface area contributed by atoms with Crippen LogP contribution in [0.25, 0.3) is 0 Å². The number of hydrogen-bond acceptors (Lipinski definition) is 6. The molecular weight excluding hydrogens is 374 g/mol. The molecule has 7 heteroatoms. The third-order valence-electron chi connectivity index (χ3n) is 5.10. The molecule has 2 heterocycles. The van der Waals surface area contributed by atoms with E-state index in [9.17, 15) is 4.79 Å². The van der Waals surface area contributed by atoms with Gasteiger partial charge in [0.25, 0.3) is 5.91 Å². The van der Waals surface area contributed by atoms with Gasteiger partial charge in [0.05, 0.1) is 13.2 Å². The molecule has 1 N–H and O–H groups in total. The highest BCUT2D eigenvalue weighted by Crippen LogP contribution is 2.31. The van der Waals surface area contributed by atoms with Gasteiger partial charge >= 0.3 is 0 Å². The highest BCUT2D eigenvalue weighted by Gasteiger charge is 2.23. The van der Waals surface area contributed by atoms with Crippen LogP contribution in [0.5, 0.6) is 11.5 Å². The van der Waals surface area contributed by atoms with Crippen molar-refractivity contribution in [2.75, 3.05) is 20.2 Å². The summed E-state index contributed by atoms with van der Waals surface area (Å²) in [5.74, 6) is 1.13. The molecule has 1 saturated heterocycles. The normalized spacial score (nSPS) is 16.8. The molecule has 1 atom stereocenters. The summed E-state index contributed by atoms with van der Waals surface area (Å²) in [5, 5.41) is 5.78. The van der Waals surface area contributed by atoms with Crippen LogP contribution in [0.4, 0.5) is 0 Å². The van der Waals surface area contributed by atoms with Gasteiger partial charge in [-0.2, -0.15) is 0 Å². The Morgan fingerprint density at radius 3 is 2.61 bits per heavy atom. The van der Waals surface area contributed by atoms with E-state index in [1.54, 1.807) is 31.5 Å². The smallest absolute Gasteiger partial charge is 0.251 e. The Bertz CT molecular complexity index is 771. The summed E-state index contributed by atoms with van der Waals surface area (Å²) in [4.78, 5) is 19.4. The number of aromatic nitrogens is 1. The molecule has 0 saturated carbocycles. The fourth-order valence-electron chi connectivity index (χ4n) is 3.39. The third-order valence-corrected chi connectivity index (χ3v) is 6.05. The van der Waals surface area contributed by atoms with Crippen molar-refractivity contribution >= 4 is 17.2 Å². The van der Waals surface area contributed by atoms with Crippen LogP contribution < -0.4 is 14.8 Å². The van der Waals surface area contributed by atoms with Crippen LogP contribution in [-0.4, -0.2) is 48.1 Å². The van der Waals surface area contributed by atoms with Crippen molar-refractivity contribution in [1.82, 2.24) is 15.2 Å². The van der Waals surface area contributed by atoms with E-state index in [0.29, 0.717) is 23.1 Å². The lowest BCUT2D eigenvalue weighted by Gasteiger charge is -2.34. The Morgan fingerprint density at radius 2 is 2.00 bits per heavy atom.